The Morgan fingerprint density at radius 3 is 2.47 bits per heavy atom. The molecule has 1 amide bonds. The van der Waals surface area contributed by atoms with Crippen LogP contribution >= 0.6 is 0 Å². The molecule has 2 aromatic rings. The molecule has 0 spiro atoms. The van der Waals surface area contributed by atoms with Crippen LogP contribution in [0.1, 0.15) is 24.0 Å². The van der Waals surface area contributed by atoms with Crippen molar-refractivity contribution in [3.8, 4) is 0 Å². The molecular weight excluding hydrogens is 413 g/mol. The Bertz CT molecular complexity index is 1100. The molecule has 1 aliphatic rings. The van der Waals surface area contributed by atoms with Gasteiger partial charge in [0.25, 0.3) is 5.69 Å². The lowest BCUT2D eigenvalue weighted by Crippen LogP contribution is -2.41. The maximum atomic E-state index is 13.9. The average Bonchev–Trinajstić information content (AvgIpc) is 2.70. The lowest BCUT2D eigenvalue weighted by molar-refractivity contribution is -0.385. The fourth-order valence-corrected chi connectivity index (χ4v) is 5.16. The average molecular weight is 435 g/mol. The van der Waals surface area contributed by atoms with E-state index in [4.69, 9.17) is 0 Å². The number of nitrogens with zero attached hydrogens (tertiary/aromatic N) is 2. The number of rotatable bonds is 5. The Labute approximate surface area is 173 Å². The summed E-state index contributed by atoms with van der Waals surface area (Å²) in [5.41, 5.74) is 1.02. The van der Waals surface area contributed by atoms with Crippen LogP contribution in [0.25, 0.3) is 0 Å². The number of carbonyl (C=O) groups is 1. The number of hydrogen-bond acceptors (Lipinski definition) is 5. The second-order valence-corrected chi connectivity index (χ2v) is 9.26. The largest absolute Gasteiger partial charge is 0.323 e. The molecule has 0 aliphatic carbocycles. The SMILES string of the molecule is Cc1ccc(F)c(NC(=O)C2CCN(S(=O)(=O)c3cc([N+](=O)[O-])ccc3C)CC2)c1. The van der Waals surface area contributed by atoms with Gasteiger partial charge in [0.1, 0.15) is 5.82 Å². The van der Waals surface area contributed by atoms with Gasteiger partial charge in [0.2, 0.25) is 15.9 Å². The van der Waals surface area contributed by atoms with Crippen molar-refractivity contribution in [2.75, 3.05) is 18.4 Å². The second-order valence-electron chi connectivity index (χ2n) is 7.36. The molecule has 1 saturated heterocycles. The van der Waals surface area contributed by atoms with Gasteiger partial charge in [-0.15, -0.1) is 0 Å². The van der Waals surface area contributed by atoms with Gasteiger partial charge >= 0.3 is 0 Å². The van der Waals surface area contributed by atoms with Gasteiger partial charge < -0.3 is 5.32 Å². The Morgan fingerprint density at radius 2 is 1.83 bits per heavy atom. The Morgan fingerprint density at radius 1 is 1.17 bits per heavy atom. The fourth-order valence-electron chi connectivity index (χ4n) is 3.45. The maximum Gasteiger partial charge on any atom is 0.270 e. The van der Waals surface area contributed by atoms with Crippen LogP contribution in [0.5, 0.6) is 0 Å². The number of nitro groups is 1. The summed E-state index contributed by atoms with van der Waals surface area (Å²) < 4.78 is 41.1. The molecule has 8 nitrogen and oxygen atoms in total. The molecule has 0 radical (unpaired) electrons. The van der Waals surface area contributed by atoms with Gasteiger partial charge in [0.15, 0.2) is 0 Å². The van der Waals surface area contributed by atoms with E-state index >= 15 is 0 Å². The standard InChI is InChI=1S/C20H22FN3O5S/c1-13-3-6-17(21)18(11-13)22-20(25)15-7-9-23(10-8-15)30(28,29)19-12-16(24(26)27)5-4-14(19)2/h3-6,11-12,15H,7-10H2,1-2H3,(H,22,25). The zero-order chi connectivity index (χ0) is 22.1. The molecule has 3 rings (SSSR count). The molecule has 30 heavy (non-hydrogen) atoms. The van der Waals surface area contributed by atoms with Crippen LogP contribution in [-0.2, 0) is 14.8 Å². The summed E-state index contributed by atoms with van der Waals surface area (Å²) in [5, 5.41) is 13.6. The number of piperidine rings is 1. The molecule has 1 heterocycles. The van der Waals surface area contributed by atoms with Crippen molar-refractivity contribution in [3.63, 3.8) is 0 Å². The number of nitrogens with one attached hydrogen (secondary N) is 1. The summed E-state index contributed by atoms with van der Waals surface area (Å²) in [6.45, 7) is 3.55. The lowest BCUT2D eigenvalue weighted by atomic mass is 9.97. The summed E-state index contributed by atoms with van der Waals surface area (Å²) in [5.74, 6) is -1.35. The molecule has 160 valence electrons. The number of hydrogen-bond donors (Lipinski definition) is 1. The molecule has 0 saturated carbocycles. The smallest absolute Gasteiger partial charge is 0.270 e. The van der Waals surface area contributed by atoms with Crippen molar-refractivity contribution >= 4 is 27.3 Å². The highest BCUT2D eigenvalue weighted by molar-refractivity contribution is 7.89. The fraction of sp³-hybridized carbons (Fsp3) is 0.350. The molecule has 0 unspecified atom stereocenters. The number of nitro benzene ring substituents is 1. The topological polar surface area (TPSA) is 110 Å². The summed E-state index contributed by atoms with van der Waals surface area (Å²) in [7, 11) is -3.93. The van der Waals surface area contributed by atoms with Gasteiger partial charge in [0.05, 0.1) is 15.5 Å². The number of aryl methyl sites for hydroxylation is 2. The molecule has 1 aliphatic heterocycles. The van der Waals surface area contributed by atoms with Crippen LogP contribution in [0, 0.1) is 35.7 Å². The van der Waals surface area contributed by atoms with Crippen LogP contribution in [0.4, 0.5) is 15.8 Å². The summed E-state index contributed by atoms with van der Waals surface area (Å²) in [4.78, 5) is 22.8. The van der Waals surface area contributed by atoms with E-state index in [1.54, 1.807) is 19.9 Å². The minimum atomic E-state index is -3.93. The molecule has 0 aromatic heterocycles. The number of halogens is 1. The van der Waals surface area contributed by atoms with Crippen molar-refractivity contribution in [1.82, 2.24) is 4.31 Å². The van der Waals surface area contributed by atoms with Gasteiger partial charge in [-0.1, -0.05) is 12.1 Å². The molecular formula is C20H22FN3O5S. The zero-order valence-electron chi connectivity index (χ0n) is 16.6. The van der Waals surface area contributed by atoms with Crippen LogP contribution < -0.4 is 5.32 Å². The molecule has 1 N–H and O–H groups in total. The zero-order valence-corrected chi connectivity index (χ0v) is 17.4. The predicted octanol–water partition coefficient (Wildman–Crippen LogP) is 3.39. The van der Waals surface area contributed by atoms with E-state index in [0.29, 0.717) is 5.56 Å². The van der Waals surface area contributed by atoms with Crippen LogP contribution in [0.15, 0.2) is 41.3 Å². The Kier molecular flexibility index (Phi) is 6.18. The van der Waals surface area contributed by atoms with E-state index in [0.717, 1.165) is 11.6 Å². The normalized spacial score (nSPS) is 15.7. The van der Waals surface area contributed by atoms with Gasteiger partial charge in [-0.2, -0.15) is 4.31 Å². The molecule has 1 fully saturated rings. The van der Waals surface area contributed by atoms with Crippen LogP contribution in [0.2, 0.25) is 0 Å². The van der Waals surface area contributed by atoms with Gasteiger partial charge in [0, 0.05) is 31.1 Å². The lowest BCUT2D eigenvalue weighted by Gasteiger charge is -2.31. The van der Waals surface area contributed by atoms with E-state index < -0.39 is 26.7 Å². The highest BCUT2D eigenvalue weighted by atomic mass is 32.2. The monoisotopic (exact) mass is 435 g/mol. The van der Waals surface area contributed by atoms with Crippen molar-refractivity contribution in [2.24, 2.45) is 5.92 Å². The summed E-state index contributed by atoms with van der Waals surface area (Å²) >= 11 is 0. The first kappa shape index (κ1) is 21.8. The number of sulfonamides is 1. The Hall–Kier alpha value is -2.85. The number of amides is 1. The Balaban J connectivity index is 1.70. The van der Waals surface area contributed by atoms with Crippen molar-refractivity contribution < 1.29 is 22.5 Å². The van der Waals surface area contributed by atoms with Crippen LogP contribution in [0.3, 0.4) is 0 Å². The van der Waals surface area contributed by atoms with E-state index in [1.165, 1.54) is 28.6 Å². The second kappa shape index (κ2) is 8.49. The molecule has 0 atom stereocenters. The molecule has 0 bridgehead atoms. The number of non-ortho nitro benzene ring substituents is 1. The van der Waals surface area contributed by atoms with E-state index in [2.05, 4.69) is 5.32 Å². The highest BCUT2D eigenvalue weighted by Crippen LogP contribution is 2.29. The maximum absolute atomic E-state index is 13.9. The van der Waals surface area contributed by atoms with E-state index in [1.807, 2.05) is 0 Å². The molecule has 10 heteroatoms. The quantitative estimate of drug-likeness (QED) is 0.572. The van der Waals surface area contributed by atoms with Crippen molar-refractivity contribution in [1.29, 1.82) is 0 Å². The van der Waals surface area contributed by atoms with E-state index in [-0.39, 0.29) is 48.1 Å². The third-order valence-electron chi connectivity index (χ3n) is 5.20. The first-order valence-corrected chi connectivity index (χ1v) is 10.9. The predicted molar refractivity (Wildman–Crippen MR) is 109 cm³/mol. The van der Waals surface area contributed by atoms with Crippen molar-refractivity contribution in [3.05, 3.63) is 63.5 Å². The van der Waals surface area contributed by atoms with Gasteiger partial charge in [-0.05, 0) is 49.9 Å². The molecule has 2 aromatic carbocycles. The number of benzene rings is 2. The number of anilines is 1. The minimum absolute atomic E-state index is 0.0961. The van der Waals surface area contributed by atoms with Gasteiger partial charge in [-0.3, -0.25) is 14.9 Å². The minimum Gasteiger partial charge on any atom is -0.323 e. The summed E-state index contributed by atoms with van der Waals surface area (Å²) in [6, 6.07) is 8.14. The van der Waals surface area contributed by atoms with Gasteiger partial charge in [-0.25, -0.2) is 12.8 Å². The van der Waals surface area contributed by atoms with E-state index in [9.17, 15) is 27.7 Å². The third-order valence-corrected chi connectivity index (χ3v) is 7.25. The summed E-state index contributed by atoms with van der Waals surface area (Å²) in [6.07, 6.45) is 0.541. The number of carbonyl (C=O) groups excluding carboxylic acids is 1. The highest BCUT2D eigenvalue weighted by Gasteiger charge is 2.33. The first-order valence-electron chi connectivity index (χ1n) is 9.42. The van der Waals surface area contributed by atoms with Crippen molar-refractivity contribution in [2.45, 2.75) is 31.6 Å². The third kappa shape index (κ3) is 4.49. The van der Waals surface area contributed by atoms with Crippen LogP contribution in [-0.4, -0.2) is 36.6 Å². The first-order chi connectivity index (χ1) is 14.1.